The van der Waals surface area contributed by atoms with Crippen molar-refractivity contribution in [2.45, 2.75) is 46.2 Å². The maximum absolute atomic E-state index is 11.9. The van der Waals surface area contributed by atoms with Crippen molar-refractivity contribution in [2.75, 3.05) is 11.9 Å². The Balaban J connectivity index is 2.08. The van der Waals surface area contributed by atoms with Gasteiger partial charge in [0.1, 0.15) is 5.82 Å². The van der Waals surface area contributed by atoms with Crippen molar-refractivity contribution < 1.29 is 4.79 Å². The molecule has 0 aromatic carbocycles. The summed E-state index contributed by atoms with van der Waals surface area (Å²) < 4.78 is 1.98. The molecule has 134 valence electrons. The van der Waals surface area contributed by atoms with E-state index in [0.717, 1.165) is 17.1 Å². The molecule has 1 atom stereocenters. The van der Waals surface area contributed by atoms with Gasteiger partial charge in [-0.15, -0.1) is 6.58 Å². The van der Waals surface area contributed by atoms with E-state index in [9.17, 15) is 4.79 Å². The molecule has 2 N–H and O–H groups in total. The number of hydrogen-bond acceptors (Lipinski definition) is 4. The number of amides is 1. The van der Waals surface area contributed by atoms with Gasteiger partial charge in [-0.05, 0) is 46.8 Å². The third kappa shape index (κ3) is 4.68. The lowest BCUT2D eigenvalue weighted by Crippen LogP contribution is -2.23. The molecule has 0 spiro atoms. The zero-order valence-corrected chi connectivity index (χ0v) is 15.6. The molecule has 0 radical (unpaired) electrons. The predicted octanol–water partition coefficient (Wildman–Crippen LogP) is 3.43. The number of hydrogen-bond donors (Lipinski definition) is 2. The van der Waals surface area contributed by atoms with Crippen LogP contribution < -0.4 is 10.6 Å². The van der Waals surface area contributed by atoms with Crippen LogP contribution in [0, 0.1) is 6.92 Å². The monoisotopic (exact) mass is 341 g/mol. The maximum atomic E-state index is 11.9. The zero-order valence-electron chi connectivity index (χ0n) is 15.6. The number of rotatable bonds is 6. The third-order valence-corrected chi connectivity index (χ3v) is 3.89. The molecule has 6 nitrogen and oxygen atoms in total. The van der Waals surface area contributed by atoms with Crippen LogP contribution in [-0.4, -0.2) is 27.2 Å². The van der Waals surface area contributed by atoms with Crippen molar-refractivity contribution in [3.8, 4) is 0 Å². The van der Waals surface area contributed by atoms with E-state index in [1.54, 1.807) is 18.3 Å². The molecule has 2 heterocycles. The first-order chi connectivity index (χ1) is 11.7. The summed E-state index contributed by atoms with van der Waals surface area (Å²) in [5.41, 5.74) is 2.60. The molecule has 0 aliphatic carbocycles. The van der Waals surface area contributed by atoms with Gasteiger partial charge in [0.05, 0.1) is 22.8 Å². The van der Waals surface area contributed by atoms with Crippen LogP contribution in [-0.2, 0) is 5.54 Å². The normalized spacial score (nSPS) is 12.5. The van der Waals surface area contributed by atoms with Gasteiger partial charge in [0.25, 0.3) is 5.91 Å². The molecule has 2 aromatic heterocycles. The molecular weight excluding hydrogens is 314 g/mol. The van der Waals surface area contributed by atoms with E-state index in [1.165, 1.54) is 0 Å². The van der Waals surface area contributed by atoms with E-state index in [-0.39, 0.29) is 17.5 Å². The molecule has 25 heavy (non-hydrogen) atoms. The lowest BCUT2D eigenvalue weighted by atomic mass is 10.1. The number of nitrogens with one attached hydrogen (secondary N) is 2. The van der Waals surface area contributed by atoms with Gasteiger partial charge in [0.2, 0.25) is 0 Å². The highest BCUT2D eigenvalue weighted by Crippen LogP contribution is 2.23. The van der Waals surface area contributed by atoms with Crippen molar-refractivity contribution in [2.24, 2.45) is 0 Å². The molecule has 2 rings (SSSR count). The van der Waals surface area contributed by atoms with Crippen molar-refractivity contribution >= 4 is 11.7 Å². The summed E-state index contributed by atoms with van der Waals surface area (Å²) in [5.74, 6) is 0.560. The average molecular weight is 341 g/mol. The van der Waals surface area contributed by atoms with Crippen LogP contribution in [0.15, 0.2) is 37.2 Å². The van der Waals surface area contributed by atoms with Gasteiger partial charge in [-0.1, -0.05) is 6.08 Å². The summed E-state index contributed by atoms with van der Waals surface area (Å²) in [5, 5.41) is 10.7. The largest absolute Gasteiger partial charge is 0.363 e. The van der Waals surface area contributed by atoms with E-state index in [0.29, 0.717) is 12.1 Å². The molecule has 6 heteroatoms. The summed E-state index contributed by atoms with van der Waals surface area (Å²) in [4.78, 5) is 16.2. The minimum atomic E-state index is -0.158. The second kappa shape index (κ2) is 7.51. The first kappa shape index (κ1) is 18.7. The number of carbonyl (C=O) groups excluding carboxylic acids is 1. The highest BCUT2D eigenvalue weighted by molar-refractivity contribution is 5.94. The topological polar surface area (TPSA) is 71.8 Å². The Morgan fingerprint density at radius 2 is 2.12 bits per heavy atom. The quantitative estimate of drug-likeness (QED) is 0.790. The summed E-state index contributed by atoms with van der Waals surface area (Å²) in [6, 6.07) is 3.62. The molecule has 1 amide bonds. The second-order valence-corrected chi connectivity index (χ2v) is 7.08. The van der Waals surface area contributed by atoms with Gasteiger partial charge in [0, 0.05) is 24.5 Å². The van der Waals surface area contributed by atoms with Crippen LogP contribution in [0.25, 0.3) is 0 Å². The summed E-state index contributed by atoms with van der Waals surface area (Å²) >= 11 is 0. The molecule has 0 aliphatic rings. The van der Waals surface area contributed by atoms with Gasteiger partial charge in [-0.25, -0.2) is 4.98 Å². The molecule has 0 saturated carbocycles. The Bertz CT molecular complexity index is 740. The fourth-order valence-corrected chi connectivity index (χ4v) is 2.42. The maximum Gasteiger partial charge on any atom is 0.253 e. The first-order valence-corrected chi connectivity index (χ1v) is 8.40. The lowest BCUT2D eigenvalue weighted by molar-refractivity contribution is 0.0957. The zero-order chi connectivity index (χ0) is 18.6. The Morgan fingerprint density at radius 1 is 1.40 bits per heavy atom. The van der Waals surface area contributed by atoms with Crippen LogP contribution in [0.4, 0.5) is 5.82 Å². The van der Waals surface area contributed by atoms with Crippen molar-refractivity contribution in [1.29, 1.82) is 0 Å². The van der Waals surface area contributed by atoms with Crippen molar-refractivity contribution in [1.82, 2.24) is 20.1 Å². The predicted molar refractivity (Wildman–Crippen MR) is 101 cm³/mol. The highest BCUT2D eigenvalue weighted by atomic mass is 16.1. The fourth-order valence-electron chi connectivity index (χ4n) is 2.42. The van der Waals surface area contributed by atoms with Crippen LogP contribution in [0.3, 0.4) is 0 Å². The van der Waals surface area contributed by atoms with E-state index in [2.05, 4.69) is 61.2 Å². The van der Waals surface area contributed by atoms with E-state index in [4.69, 9.17) is 0 Å². The third-order valence-electron chi connectivity index (χ3n) is 3.89. The van der Waals surface area contributed by atoms with Crippen LogP contribution >= 0.6 is 0 Å². The molecule has 1 unspecified atom stereocenters. The van der Waals surface area contributed by atoms with Gasteiger partial charge in [0.15, 0.2) is 0 Å². The summed E-state index contributed by atoms with van der Waals surface area (Å²) in [6.45, 7) is 14.5. The number of aryl methyl sites for hydroxylation is 1. The Hall–Kier alpha value is -2.63. The molecule has 0 aliphatic heterocycles. The molecule has 0 fully saturated rings. The van der Waals surface area contributed by atoms with E-state index in [1.807, 2.05) is 17.7 Å². The fraction of sp³-hybridized carbons (Fsp3) is 0.421. The van der Waals surface area contributed by atoms with Gasteiger partial charge in [-0.2, -0.15) is 5.10 Å². The number of anilines is 1. The number of aromatic nitrogens is 3. The Labute approximate surface area is 149 Å². The van der Waals surface area contributed by atoms with Gasteiger partial charge in [-0.3, -0.25) is 9.48 Å². The highest BCUT2D eigenvalue weighted by Gasteiger charge is 2.19. The molecule has 0 saturated heterocycles. The van der Waals surface area contributed by atoms with Crippen LogP contribution in [0.1, 0.15) is 55.4 Å². The van der Waals surface area contributed by atoms with Crippen LogP contribution in [0.5, 0.6) is 0 Å². The molecular formula is C19H27N5O. The van der Waals surface area contributed by atoms with Crippen molar-refractivity contribution in [3.05, 3.63) is 54.0 Å². The number of pyridine rings is 1. The standard InChI is InChI=1S/C19H27N5O/c1-7-10-20-18(25)15-8-9-17(21-11-15)22-13(2)16-12-24(19(4,5)6)23-14(16)3/h7-9,11-13H,1,10H2,2-6H3,(H,20,25)(H,21,22). The van der Waals surface area contributed by atoms with Gasteiger partial charge >= 0.3 is 0 Å². The summed E-state index contributed by atoms with van der Waals surface area (Å²) in [6.07, 6.45) is 5.28. The molecule has 2 aromatic rings. The number of carbonyl (C=O) groups is 1. The summed E-state index contributed by atoms with van der Waals surface area (Å²) in [7, 11) is 0. The Morgan fingerprint density at radius 3 is 2.64 bits per heavy atom. The SMILES string of the molecule is C=CCNC(=O)c1ccc(NC(C)c2cn(C(C)(C)C)nc2C)nc1. The first-order valence-electron chi connectivity index (χ1n) is 8.40. The van der Waals surface area contributed by atoms with Gasteiger partial charge < -0.3 is 10.6 Å². The second-order valence-electron chi connectivity index (χ2n) is 7.08. The van der Waals surface area contributed by atoms with Crippen molar-refractivity contribution in [3.63, 3.8) is 0 Å². The van der Waals surface area contributed by atoms with E-state index < -0.39 is 0 Å². The smallest absolute Gasteiger partial charge is 0.253 e. The minimum Gasteiger partial charge on any atom is -0.363 e. The Kier molecular flexibility index (Phi) is 5.62. The average Bonchev–Trinajstić information content (AvgIpc) is 2.95. The molecule has 0 bridgehead atoms. The van der Waals surface area contributed by atoms with Crippen LogP contribution in [0.2, 0.25) is 0 Å². The lowest BCUT2D eigenvalue weighted by Gasteiger charge is -2.19. The minimum absolute atomic E-state index is 0.0541. The number of nitrogens with zero attached hydrogens (tertiary/aromatic N) is 3. The van der Waals surface area contributed by atoms with E-state index >= 15 is 0 Å².